The van der Waals surface area contributed by atoms with Crippen molar-refractivity contribution in [2.24, 2.45) is 0 Å². The van der Waals surface area contributed by atoms with Gasteiger partial charge in [-0.1, -0.05) is 48.9 Å². The number of halogens is 1. The number of carbonyl (C=O) groups is 1. The maximum absolute atomic E-state index is 12.3. The van der Waals surface area contributed by atoms with Crippen LogP contribution in [0.1, 0.15) is 30.0 Å². The predicted molar refractivity (Wildman–Crippen MR) is 135 cm³/mol. The second-order valence-electron chi connectivity index (χ2n) is 7.26. The summed E-state index contributed by atoms with van der Waals surface area (Å²) in [7, 11) is 1.49. The zero-order chi connectivity index (χ0) is 24.3. The van der Waals surface area contributed by atoms with Gasteiger partial charge < -0.3 is 14.2 Å². The molecule has 0 amide bonds. The van der Waals surface area contributed by atoms with Crippen molar-refractivity contribution in [2.75, 3.05) is 13.7 Å². The molecule has 0 atom stereocenters. The van der Waals surface area contributed by atoms with Gasteiger partial charge in [-0.2, -0.15) is 5.26 Å². The smallest absolute Gasteiger partial charge is 0.336 e. The van der Waals surface area contributed by atoms with Crippen molar-refractivity contribution in [3.63, 3.8) is 0 Å². The average molecular weight is 474 g/mol. The van der Waals surface area contributed by atoms with E-state index in [1.54, 1.807) is 54.6 Å². The van der Waals surface area contributed by atoms with E-state index in [-0.39, 0.29) is 5.75 Å². The maximum Gasteiger partial charge on any atom is 0.336 e. The third-order valence-electron chi connectivity index (χ3n) is 4.75. The fourth-order valence-electron chi connectivity index (χ4n) is 3.04. The van der Waals surface area contributed by atoms with Crippen molar-refractivity contribution < 1.29 is 19.0 Å². The van der Waals surface area contributed by atoms with Crippen LogP contribution in [-0.2, 0) is 4.79 Å². The molecular formula is C28H24ClNO4. The largest absolute Gasteiger partial charge is 0.494 e. The van der Waals surface area contributed by atoms with Crippen LogP contribution in [0.2, 0.25) is 5.02 Å². The molecule has 0 aliphatic rings. The van der Waals surface area contributed by atoms with Crippen molar-refractivity contribution >= 4 is 35.3 Å². The van der Waals surface area contributed by atoms with Crippen LogP contribution < -0.4 is 14.2 Å². The summed E-state index contributed by atoms with van der Waals surface area (Å²) < 4.78 is 16.4. The Labute approximate surface area is 204 Å². The van der Waals surface area contributed by atoms with Gasteiger partial charge in [0.25, 0.3) is 0 Å². The number of methoxy groups -OCH3 is 1. The lowest BCUT2D eigenvalue weighted by Crippen LogP contribution is -2.05. The molecule has 0 bridgehead atoms. The number of hydrogen-bond donors (Lipinski definition) is 0. The Morgan fingerprint density at radius 2 is 1.71 bits per heavy atom. The van der Waals surface area contributed by atoms with Crippen LogP contribution in [0.15, 0.2) is 72.8 Å². The SMILES string of the molecule is CCCOc1ccc(/C=C/C(=O)Oc2ccc(/C=C(\C#N)c3ccc(Cl)cc3)cc2OC)cc1. The normalized spacial score (nSPS) is 11.2. The molecule has 5 nitrogen and oxygen atoms in total. The molecule has 0 saturated heterocycles. The van der Waals surface area contributed by atoms with E-state index in [1.165, 1.54) is 13.2 Å². The lowest BCUT2D eigenvalue weighted by atomic mass is 10.0. The van der Waals surface area contributed by atoms with Gasteiger partial charge in [0, 0.05) is 11.1 Å². The molecule has 3 aromatic carbocycles. The van der Waals surface area contributed by atoms with Crippen molar-refractivity contribution in [3.8, 4) is 23.3 Å². The molecule has 0 aromatic heterocycles. The fourth-order valence-corrected chi connectivity index (χ4v) is 3.16. The second kappa shape index (κ2) is 12.3. The molecule has 0 aliphatic heterocycles. The molecule has 3 rings (SSSR count). The van der Waals surface area contributed by atoms with Gasteiger partial charge >= 0.3 is 5.97 Å². The van der Waals surface area contributed by atoms with E-state index in [4.69, 9.17) is 25.8 Å². The zero-order valence-electron chi connectivity index (χ0n) is 19.0. The first-order chi connectivity index (χ1) is 16.5. The Hall–Kier alpha value is -4.01. The first-order valence-electron chi connectivity index (χ1n) is 10.7. The summed E-state index contributed by atoms with van der Waals surface area (Å²) in [6.45, 7) is 2.71. The monoisotopic (exact) mass is 473 g/mol. The number of esters is 1. The van der Waals surface area contributed by atoms with Gasteiger partial charge in [0.2, 0.25) is 0 Å². The first-order valence-corrected chi connectivity index (χ1v) is 11.1. The van der Waals surface area contributed by atoms with Crippen LogP contribution in [0.3, 0.4) is 0 Å². The van der Waals surface area contributed by atoms with Crippen LogP contribution in [-0.4, -0.2) is 19.7 Å². The zero-order valence-corrected chi connectivity index (χ0v) is 19.7. The topological polar surface area (TPSA) is 68.5 Å². The highest BCUT2D eigenvalue weighted by molar-refractivity contribution is 6.30. The standard InChI is InChI=1S/C28H24ClNO4/c1-3-16-33-25-12-4-20(5-13-25)7-15-28(31)34-26-14-6-21(18-27(26)32-2)17-23(19-30)22-8-10-24(29)11-9-22/h4-15,17-18H,3,16H2,1-2H3/b15-7+,23-17+. The highest BCUT2D eigenvalue weighted by Gasteiger charge is 2.10. The molecule has 0 radical (unpaired) electrons. The minimum Gasteiger partial charge on any atom is -0.494 e. The number of ether oxygens (including phenoxy) is 3. The molecule has 0 spiro atoms. The lowest BCUT2D eigenvalue weighted by Gasteiger charge is -2.09. The number of nitriles is 1. The van der Waals surface area contributed by atoms with E-state index < -0.39 is 5.97 Å². The molecule has 6 heteroatoms. The van der Waals surface area contributed by atoms with Crippen molar-refractivity contribution in [1.29, 1.82) is 5.26 Å². The summed E-state index contributed by atoms with van der Waals surface area (Å²) in [6.07, 6.45) is 5.69. The Bertz CT molecular complexity index is 1220. The molecule has 0 unspecified atom stereocenters. The number of carbonyl (C=O) groups excluding carboxylic acids is 1. The number of benzene rings is 3. The van der Waals surface area contributed by atoms with E-state index in [9.17, 15) is 10.1 Å². The van der Waals surface area contributed by atoms with Crippen LogP contribution >= 0.6 is 11.6 Å². The van der Waals surface area contributed by atoms with E-state index in [0.29, 0.717) is 23.0 Å². The summed E-state index contributed by atoms with van der Waals surface area (Å²) in [5.74, 6) is 0.909. The third-order valence-corrected chi connectivity index (χ3v) is 5.00. The third kappa shape index (κ3) is 6.99. The molecule has 0 saturated carbocycles. The minimum atomic E-state index is -0.535. The molecular weight excluding hydrogens is 450 g/mol. The minimum absolute atomic E-state index is 0.280. The second-order valence-corrected chi connectivity index (χ2v) is 7.70. The Morgan fingerprint density at radius 3 is 2.35 bits per heavy atom. The number of allylic oxidation sites excluding steroid dienone is 1. The first kappa shape index (κ1) is 24.6. The van der Waals surface area contributed by atoms with E-state index in [0.717, 1.165) is 28.9 Å². The van der Waals surface area contributed by atoms with Gasteiger partial charge in [-0.25, -0.2) is 4.79 Å². The van der Waals surface area contributed by atoms with Gasteiger partial charge in [0.1, 0.15) is 5.75 Å². The highest BCUT2D eigenvalue weighted by Crippen LogP contribution is 2.30. The molecule has 0 N–H and O–H groups in total. The van der Waals surface area contributed by atoms with Gasteiger partial charge in [-0.05, 0) is 71.7 Å². The number of nitrogens with zero attached hydrogens (tertiary/aromatic N) is 1. The van der Waals surface area contributed by atoms with Crippen molar-refractivity contribution in [2.45, 2.75) is 13.3 Å². The Kier molecular flexibility index (Phi) is 8.90. The predicted octanol–water partition coefficient (Wildman–Crippen LogP) is 6.82. The van der Waals surface area contributed by atoms with Crippen molar-refractivity contribution in [3.05, 3.63) is 94.5 Å². The fraction of sp³-hybridized carbons (Fsp3) is 0.143. The maximum atomic E-state index is 12.3. The van der Waals surface area contributed by atoms with Crippen molar-refractivity contribution in [1.82, 2.24) is 0 Å². The van der Waals surface area contributed by atoms with Gasteiger partial charge in [-0.3, -0.25) is 0 Å². The Balaban J connectivity index is 1.70. The van der Waals surface area contributed by atoms with Gasteiger partial charge in [-0.15, -0.1) is 0 Å². The van der Waals surface area contributed by atoms with E-state index >= 15 is 0 Å². The summed E-state index contributed by atoms with van der Waals surface area (Å²) >= 11 is 5.93. The Morgan fingerprint density at radius 1 is 1.00 bits per heavy atom. The van der Waals surface area contributed by atoms with E-state index in [1.807, 2.05) is 31.2 Å². The molecule has 0 heterocycles. The number of rotatable bonds is 9. The molecule has 34 heavy (non-hydrogen) atoms. The molecule has 0 aliphatic carbocycles. The molecule has 3 aromatic rings. The van der Waals surface area contributed by atoms with Gasteiger partial charge in [0.15, 0.2) is 11.5 Å². The summed E-state index contributed by atoms with van der Waals surface area (Å²) in [5.41, 5.74) is 2.79. The average Bonchev–Trinajstić information content (AvgIpc) is 2.86. The van der Waals surface area contributed by atoms with Crippen LogP contribution in [0, 0.1) is 11.3 Å². The molecule has 0 fully saturated rings. The molecule has 172 valence electrons. The quantitative estimate of drug-likeness (QED) is 0.112. The summed E-state index contributed by atoms with van der Waals surface area (Å²) in [5, 5.41) is 10.1. The van der Waals surface area contributed by atoms with Crippen LogP contribution in [0.5, 0.6) is 17.2 Å². The number of hydrogen-bond acceptors (Lipinski definition) is 5. The summed E-state index contributed by atoms with van der Waals surface area (Å²) in [4.78, 5) is 12.3. The van der Waals surface area contributed by atoms with Crippen LogP contribution in [0.4, 0.5) is 0 Å². The van der Waals surface area contributed by atoms with Gasteiger partial charge in [0.05, 0.1) is 25.4 Å². The van der Waals surface area contributed by atoms with E-state index in [2.05, 4.69) is 6.07 Å². The lowest BCUT2D eigenvalue weighted by molar-refractivity contribution is -0.129. The highest BCUT2D eigenvalue weighted by atomic mass is 35.5. The summed E-state index contributed by atoms with van der Waals surface area (Å²) in [6, 6.07) is 21.7. The van der Waals surface area contributed by atoms with Crippen LogP contribution in [0.25, 0.3) is 17.7 Å².